The van der Waals surface area contributed by atoms with Crippen molar-refractivity contribution in [2.45, 2.75) is 70.6 Å². The van der Waals surface area contributed by atoms with E-state index in [1.54, 1.807) is 6.92 Å². The van der Waals surface area contributed by atoms with Gasteiger partial charge in [0, 0.05) is 19.1 Å². The maximum absolute atomic E-state index is 13.7. The van der Waals surface area contributed by atoms with E-state index >= 15 is 0 Å². The Morgan fingerprint density at radius 1 is 0.950 bits per heavy atom. The number of aromatic nitrogens is 2. The van der Waals surface area contributed by atoms with Crippen LogP contribution < -0.4 is 16.6 Å². The second-order valence-corrected chi connectivity index (χ2v) is 10.1. The zero-order valence-electron chi connectivity index (χ0n) is 22.7. The van der Waals surface area contributed by atoms with Crippen molar-refractivity contribution in [2.24, 2.45) is 0 Å². The number of benzene rings is 1. The van der Waals surface area contributed by atoms with Gasteiger partial charge in [0.2, 0.25) is 5.88 Å². The highest BCUT2D eigenvalue weighted by Crippen LogP contribution is 2.31. The molecule has 216 valence electrons. The van der Waals surface area contributed by atoms with Crippen molar-refractivity contribution in [1.29, 1.82) is 0 Å². The molecule has 2 N–H and O–H groups in total. The first-order valence-corrected chi connectivity index (χ1v) is 13.8. The van der Waals surface area contributed by atoms with Crippen LogP contribution in [0.1, 0.15) is 79.9 Å². The normalized spacial score (nSPS) is 17.7. The zero-order valence-corrected chi connectivity index (χ0v) is 22.7. The van der Waals surface area contributed by atoms with E-state index in [0.717, 1.165) is 34.0 Å². The largest absolute Gasteiger partial charge is 0.494 e. The predicted octanol–water partition coefficient (Wildman–Crippen LogP) is 2.49. The number of hydrogen-bond acceptors (Lipinski definition) is 8. The average Bonchev–Trinajstić information content (AvgIpc) is 2.96. The quantitative estimate of drug-likeness (QED) is 0.471. The van der Waals surface area contributed by atoms with Crippen molar-refractivity contribution >= 4 is 18.0 Å². The van der Waals surface area contributed by atoms with E-state index in [4.69, 9.17) is 9.47 Å². The minimum atomic E-state index is -0.983. The summed E-state index contributed by atoms with van der Waals surface area (Å²) in [5.41, 5.74) is -1.48. The van der Waals surface area contributed by atoms with Crippen LogP contribution in [0, 0.1) is 0 Å². The minimum absolute atomic E-state index is 0.0299. The lowest BCUT2D eigenvalue weighted by Crippen LogP contribution is -2.51. The summed E-state index contributed by atoms with van der Waals surface area (Å²) < 4.78 is 12.4. The number of hydrogen-bond donors (Lipinski definition) is 2. The molecule has 1 aliphatic heterocycles. The van der Waals surface area contributed by atoms with Crippen LogP contribution in [0.15, 0.2) is 39.9 Å². The van der Waals surface area contributed by atoms with Gasteiger partial charge in [0.05, 0.1) is 12.6 Å². The van der Waals surface area contributed by atoms with Crippen LogP contribution in [-0.2, 0) is 20.9 Å². The van der Waals surface area contributed by atoms with Crippen LogP contribution in [0.4, 0.5) is 4.79 Å². The average molecular weight is 557 g/mol. The number of carbonyl (C=O) groups is 3. The molecule has 1 aromatic heterocycles. The van der Waals surface area contributed by atoms with E-state index in [9.17, 15) is 29.1 Å². The predicted molar refractivity (Wildman–Crippen MR) is 144 cm³/mol. The molecule has 40 heavy (non-hydrogen) atoms. The van der Waals surface area contributed by atoms with Crippen molar-refractivity contribution in [1.82, 2.24) is 19.4 Å². The van der Waals surface area contributed by atoms with Gasteiger partial charge in [-0.1, -0.05) is 49.6 Å². The Hall–Kier alpha value is -4.09. The fourth-order valence-corrected chi connectivity index (χ4v) is 5.41. The molecule has 12 nitrogen and oxygen atoms in total. The molecule has 1 aliphatic carbocycles. The maximum atomic E-state index is 13.7. The summed E-state index contributed by atoms with van der Waals surface area (Å²) in [7, 11) is 0. The molecule has 1 atom stereocenters. The molecule has 1 unspecified atom stereocenters. The number of nitrogens with one attached hydrogen (secondary N) is 1. The number of nitrogens with zero attached hydrogens (tertiary/aromatic N) is 3. The van der Waals surface area contributed by atoms with Gasteiger partial charge < -0.3 is 24.8 Å². The fourth-order valence-electron chi connectivity index (χ4n) is 5.41. The van der Waals surface area contributed by atoms with Gasteiger partial charge in [-0.3, -0.25) is 23.5 Å². The number of carbonyl (C=O) groups excluding carboxylic acids is 3. The van der Waals surface area contributed by atoms with Gasteiger partial charge >= 0.3 is 17.8 Å². The Labute approximate surface area is 231 Å². The van der Waals surface area contributed by atoms with Crippen LogP contribution in [0.5, 0.6) is 5.88 Å². The Kier molecular flexibility index (Phi) is 9.62. The molecular formula is C28H36N4O8. The monoisotopic (exact) mass is 556 g/mol. The Bertz CT molecular complexity index is 1330. The van der Waals surface area contributed by atoms with Crippen molar-refractivity contribution < 1.29 is 29.0 Å². The Morgan fingerprint density at radius 3 is 2.35 bits per heavy atom. The smallest absolute Gasteiger partial charge is 0.410 e. The molecule has 0 spiro atoms. The third-order valence-electron chi connectivity index (χ3n) is 7.39. The lowest BCUT2D eigenvalue weighted by Gasteiger charge is -2.34. The maximum Gasteiger partial charge on any atom is 0.410 e. The number of esters is 1. The van der Waals surface area contributed by atoms with Crippen molar-refractivity contribution in [3.63, 3.8) is 0 Å². The van der Waals surface area contributed by atoms with Crippen molar-refractivity contribution in [2.75, 3.05) is 26.2 Å². The first-order chi connectivity index (χ1) is 19.3. The summed E-state index contributed by atoms with van der Waals surface area (Å²) in [6.45, 7) is 1.74. The fraction of sp³-hybridized carbons (Fsp3) is 0.536. The summed E-state index contributed by atoms with van der Waals surface area (Å²) >= 11 is 0. The molecule has 1 saturated heterocycles. The van der Waals surface area contributed by atoms with E-state index < -0.39 is 53.2 Å². The highest BCUT2D eigenvalue weighted by atomic mass is 16.6. The Morgan fingerprint density at radius 2 is 1.65 bits per heavy atom. The summed E-state index contributed by atoms with van der Waals surface area (Å²) in [4.78, 5) is 66.5. The van der Waals surface area contributed by atoms with Gasteiger partial charge in [0.25, 0.3) is 11.5 Å². The molecule has 12 heteroatoms. The molecule has 2 aromatic rings. The van der Waals surface area contributed by atoms with Gasteiger partial charge in [-0.15, -0.1) is 0 Å². The van der Waals surface area contributed by atoms with Crippen LogP contribution in [0.25, 0.3) is 0 Å². The summed E-state index contributed by atoms with van der Waals surface area (Å²) in [5, 5.41) is 13.4. The zero-order chi connectivity index (χ0) is 28.6. The van der Waals surface area contributed by atoms with E-state index in [-0.39, 0.29) is 25.8 Å². The number of aromatic hydroxyl groups is 1. The highest BCUT2D eigenvalue weighted by molar-refractivity contribution is 5.97. The van der Waals surface area contributed by atoms with Gasteiger partial charge in [-0.25, -0.2) is 9.59 Å². The SMILES string of the molecule is CCOC(=O)CNC(=O)c1c(O)n(C2CCCCC2)c(=O)n(C2CCCN(C(=O)OCc3ccccc3)C2)c1=O. The number of rotatable bonds is 8. The number of ether oxygens (including phenoxy) is 2. The molecule has 0 radical (unpaired) electrons. The van der Waals surface area contributed by atoms with E-state index in [2.05, 4.69) is 5.32 Å². The van der Waals surface area contributed by atoms with Crippen LogP contribution in [0.3, 0.4) is 0 Å². The van der Waals surface area contributed by atoms with Crippen LogP contribution in [0.2, 0.25) is 0 Å². The summed E-state index contributed by atoms with van der Waals surface area (Å²) in [5.74, 6) is -2.40. The third kappa shape index (κ3) is 6.54. The molecule has 1 saturated carbocycles. The first kappa shape index (κ1) is 28.9. The van der Waals surface area contributed by atoms with Crippen LogP contribution >= 0.6 is 0 Å². The molecule has 1 aromatic carbocycles. The molecule has 0 bridgehead atoms. The number of piperidine rings is 1. The second kappa shape index (κ2) is 13.3. The van der Waals surface area contributed by atoms with Crippen molar-refractivity contribution in [3.8, 4) is 5.88 Å². The van der Waals surface area contributed by atoms with Gasteiger partial charge in [0.15, 0.2) is 5.56 Å². The van der Waals surface area contributed by atoms with Gasteiger partial charge in [0.1, 0.15) is 13.2 Å². The Balaban J connectivity index is 1.64. The number of amides is 2. The topological polar surface area (TPSA) is 149 Å². The molecular weight excluding hydrogens is 520 g/mol. The van der Waals surface area contributed by atoms with Crippen LogP contribution in [-0.4, -0.2) is 63.4 Å². The molecule has 2 amide bonds. The van der Waals surface area contributed by atoms with E-state index in [1.165, 1.54) is 4.90 Å². The molecule has 2 heterocycles. The van der Waals surface area contributed by atoms with Gasteiger partial charge in [-0.2, -0.15) is 0 Å². The van der Waals surface area contributed by atoms with Crippen molar-refractivity contribution in [3.05, 3.63) is 62.3 Å². The highest BCUT2D eigenvalue weighted by Gasteiger charge is 2.34. The van der Waals surface area contributed by atoms with E-state index in [1.807, 2.05) is 30.3 Å². The first-order valence-electron chi connectivity index (χ1n) is 13.8. The number of likely N-dealkylation sites (tertiary alicyclic amines) is 1. The summed E-state index contributed by atoms with van der Waals surface area (Å²) in [6, 6.07) is 8.10. The standard InChI is InChI=1S/C28H36N4O8/c1-2-39-22(33)16-29-24(34)23-25(35)31(20-12-7-4-8-13-20)27(37)32(26(23)36)21-14-9-15-30(17-21)28(38)40-18-19-10-5-3-6-11-19/h3,5-6,10-11,20-21,35H,2,4,7-9,12-18H2,1H3,(H,29,34). The lowest BCUT2D eigenvalue weighted by atomic mass is 9.95. The van der Waals surface area contributed by atoms with Gasteiger partial charge in [-0.05, 0) is 38.2 Å². The molecule has 4 rings (SSSR count). The molecule has 2 aliphatic rings. The third-order valence-corrected chi connectivity index (χ3v) is 7.39. The second-order valence-electron chi connectivity index (χ2n) is 10.1. The summed E-state index contributed by atoms with van der Waals surface area (Å²) in [6.07, 6.45) is 4.23. The molecule has 2 fully saturated rings. The minimum Gasteiger partial charge on any atom is -0.494 e. The lowest BCUT2D eigenvalue weighted by molar-refractivity contribution is -0.141. The van der Waals surface area contributed by atoms with E-state index in [0.29, 0.717) is 32.2 Å².